The molecule has 0 saturated carbocycles. The van der Waals surface area contributed by atoms with Gasteiger partial charge in [0, 0.05) is 18.0 Å². The molecule has 0 spiro atoms. The maximum atomic E-state index is 12.2. The lowest BCUT2D eigenvalue weighted by Gasteiger charge is -2.07. The number of aromatic nitrogens is 2. The Morgan fingerprint density at radius 1 is 0.964 bits per heavy atom. The van der Waals surface area contributed by atoms with Crippen molar-refractivity contribution in [3.8, 4) is 5.69 Å². The third-order valence-electron chi connectivity index (χ3n) is 3.78. The van der Waals surface area contributed by atoms with Gasteiger partial charge in [0.1, 0.15) is 0 Å². The number of para-hydroxylation sites is 1. The van der Waals surface area contributed by atoms with Crippen LogP contribution in [0.3, 0.4) is 0 Å². The molecule has 3 aromatic rings. The second-order valence-electron chi connectivity index (χ2n) is 5.83. The van der Waals surface area contributed by atoms with E-state index < -0.39 is 21.7 Å². The normalized spacial score (nSPS) is 11.1. The number of rotatable bonds is 4. The van der Waals surface area contributed by atoms with E-state index >= 15 is 0 Å². The van der Waals surface area contributed by atoms with Gasteiger partial charge in [-0.05, 0) is 36.4 Å². The summed E-state index contributed by atoms with van der Waals surface area (Å²) in [7, 11) is -3.35. The Kier molecular flexibility index (Phi) is 5.48. The van der Waals surface area contributed by atoms with E-state index in [1.807, 2.05) is 0 Å². The van der Waals surface area contributed by atoms with Crippen LogP contribution in [0.25, 0.3) is 5.69 Å². The van der Waals surface area contributed by atoms with Crippen molar-refractivity contribution in [1.82, 2.24) is 20.6 Å². The predicted octanol–water partition coefficient (Wildman–Crippen LogP) is 2.00. The van der Waals surface area contributed by atoms with Crippen molar-refractivity contribution >= 4 is 33.3 Å². The van der Waals surface area contributed by atoms with Gasteiger partial charge in [-0.2, -0.15) is 5.10 Å². The summed E-state index contributed by atoms with van der Waals surface area (Å²) in [6, 6.07) is 12.4. The minimum atomic E-state index is -3.35. The number of hydrazine groups is 1. The summed E-state index contributed by atoms with van der Waals surface area (Å²) in [5.41, 5.74) is 5.56. The molecule has 144 valence electrons. The molecule has 0 atom stereocenters. The molecule has 0 aliphatic carbocycles. The Balaban J connectivity index is 1.64. The van der Waals surface area contributed by atoms with Gasteiger partial charge >= 0.3 is 0 Å². The summed E-state index contributed by atoms with van der Waals surface area (Å²) in [5.74, 6) is -1.16. The lowest BCUT2D eigenvalue weighted by atomic mass is 10.2. The molecular weight excluding hydrogens is 404 g/mol. The number of sulfone groups is 1. The van der Waals surface area contributed by atoms with Crippen LogP contribution in [-0.4, -0.2) is 36.3 Å². The standard InChI is InChI=1S/C18H15ClN4O4S/c1-28(26,27)14-8-6-12(7-9-14)17(24)21-22-18(25)13-10-20-23(11-13)16-5-3-2-4-15(16)19/h2-11H,1H3,(H,21,24)(H,22,25). The Bertz CT molecular complexity index is 1140. The smallest absolute Gasteiger partial charge is 0.267 e. The van der Waals surface area contributed by atoms with Gasteiger partial charge in [-0.25, -0.2) is 13.1 Å². The number of nitrogens with zero attached hydrogens (tertiary/aromatic N) is 2. The Hall–Kier alpha value is -3.17. The van der Waals surface area contributed by atoms with E-state index in [4.69, 9.17) is 11.6 Å². The van der Waals surface area contributed by atoms with Gasteiger partial charge in [0.2, 0.25) is 0 Å². The second-order valence-corrected chi connectivity index (χ2v) is 8.25. The van der Waals surface area contributed by atoms with Gasteiger partial charge in [0.25, 0.3) is 11.8 Å². The molecule has 3 rings (SSSR count). The molecule has 0 radical (unpaired) electrons. The highest BCUT2D eigenvalue weighted by molar-refractivity contribution is 7.90. The molecule has 8 nitrogen and oxygen atoms in total. The van der Waals surface area contributed by atoms with E-state index in [-0.39, 0.29) is 16.0 Å². The van der Waals surface area contributed by atoms with Gasteiger partial charge in [-0.3, -0.25) is 20.4 Å². The molecule has 1 heterocycles. The SMILES string of the molecule is CS(=O)(=O)c1ccc(C(=O)NNC(=O)c2cnn(-c3ccccc3Cl)c2)cc1. The molecule has 0 fully saturated rings. The van der Waals surface area contributed by atoms with Crippen LogP contribution in [0.2, 0.25) is 5.02 Å². The molecule has 0 saturated heterocycles. The number of amides is 2. The first kappa shape index (κ1) is 19.6. The molecule has 28 heavy (non-hydrogen) atoms. The van der Waals surface area contributed by atoms with Gasteiger partial charge in [-0.15, -0.1) is 0 Å². The maximum absolute atomic E-state index is 12.2. The molecule has 0 aliphatic rings. The summed E-state index contributed by atoms with van der Waals surface area (Å²) in [4.78, 5) is 24.4. The molecule has 2 amide bonds. The minimum Gasteiger partial charge on any atom is -0.267 e. The topological polar surface area (TPSA) is 110 Å². The molecule has 2 aromatic carbocycles. The summed E-state index contributed by atoms with van der Waals surface area (Å²) >= 11 is 6.10. The van der Waals surface area contributed by atoms with Crippen LogP contribution in [0, 0.1) is 0 Å². The Morgan fingerprint density at radius 2 is 1.57 bits per heavy atom. The largest absolute Gasteiger partial charge is 0.272 e. The van der Waals surface area contributed by atoms with E-state index in [1.54, 1.807) is 24.3 Å². The van der Waals surface area contributed by atoms with E-state index in [9.17, 15) is 18.0 Å². The molecular formula is C18H15ClN4O4S. The lowest BCUT2D eigenvalue weighted by Crippen LogP contribution is -2.41. The Labute approximate surface area is 166 Å². The van der Waals surface area contributed by atoms with Gasteiger partial charge in [0.15, 0.2) is 9.84 Å². The van der Waals surface area contributed by atoms with Crippen molar-refractivity contribution < 1.29 is 18.0 Å². The summed E-state index contributed by atoms with van der Waals surface area (Å²) in [6.45, 7) is 0. The molecule has 0 bridgehead atoms. The van der Waals surface area contributed by atoms with E-state index in [2.05, 4.69) is 16.0 Å². The number of benzene rings is 2. The predicted molar refractivity (Wildman–Crippen MR) is 103 cm³/mol. The van der Waals surface area contributed by atoms with E-state index in [0.717, 1.165) is 6.26 Å². The summed E-state index contributed by atoms with van der Waals surface area (Å²) in [5, 5.41) is 4.56. The highest BCUT2D eigenvalue weighted by Crippen LogP contribution is 2.19. The van der Waals surface area contributed by atoms with Crippen LogP contribution in [0.1, 0.15) is 20.7 Å². The number of nitrogens with one attached hydrogen (secondary N) is 2. The van der Waals surface area contributed by atoms with Crippen LogP contribution in [0.5, 0.6) is 0 Å². The fourth-order valence-electron chi connectivity index (χ4n) is 2.32. The summed E-state index contributed by atoms with van der Waals surface area (Å²) < 4.78 is 24.3. The number of hydrogen-bond acceptors (Lipinski definition) is 5. The third kappa shape index (κ3) is 4.38. The quantitative estimate of drug-likeness (QED) is 0.630. The number of carbonyl (C=O) groups excluding carboxylic acids is 2. The van der Waals surface area contributed by atoms with E-state index in [1.165, 1.54) is 41.3 Å². The first-order valence-corrected chi connectivity index (χ1v) is 10.2. The van der Waals surface area contributed by atoms with Crippen molar-refractivity contribution in [3.05, 3.63) is 77.1 Å². The highest BCUT2D eigenvalue weighted by Gasteiger charge is 2.13. The average Bonchev–Trinajstić information content (AvgIpc) is 3.15. The monoisotopic (exact) mass is 418 g/mol. The summed E-state index contributed by atoms with van der Waals surface area (Å²) in [6.07, 6.45) is 3.89. The first-order valence-electron chi connectivity index (χ1n) is 7.96. The van der Waals surface area contributed by atoms with Crippen molar-refractivity contribution in [2.24, 2.45) is 0 Å². The van der Waals surface area contributed by atoms with Crippen LogP contribution in [0.15, 0.2) is 65.8 Å². The zero-order chi connectivity index (χ0) is 20.3. The van der Waals surface area contributed by atoms with Crippen LogP contribution in [-0.2, 0) is 9.84 Å². The minimum absolute atomic E-state index is 0.0973. The van der Waals surface area contributed by atoms with Crippen molar-refractivity contribution in [1.29, 1.82) is 0 Å². The van der Waals surface area contributed by atoms with Crippen molar-refractivity contribution in [3.63, 3.8) is 0 Å². The van der Waals surface area contributed by atoms with Crippen LogP contribution >= 0.6 is 11.6 Å². The fourth-order valence-corrected chi connectivity index (χ4v) is 3.17. The Morgan fingerprint density at radius 3 is 2.18 bits per heavy atom. The maximum Gasteiger partial charge on any atom is 0.272 e. The van der Waals surface area contributed by atoms with Crippen LogP contribution in [0.4, 0.5) is 0 Å². The van der Waals surface area contributed by atoms with Gasteiger partial charge < -0.3 is 0 Å². The fraction of sp³-hybridized carbons (Fsp3) is 0.0556. The molecule has 2 N–H and O–H groups in total. The molecule has 1 aromatic heterocycles. The van der Waals surface area contributed by atoms with Gasteiger partial charge in [-0.1, -0.05) is 23.7 Å². The second kappa shape index (κ2) is 7.83. The third-order valence-corrected chi connectivity index (χ3v) is 5.23. The zero-order valence-corrected chi connectivity index (χ0v) is 16.2. The lowest BCUT2D eigenvalue weighted by molar-refractivity contribution is 0.0846. The van der Waals surface area contributed by atoms with Crippen LogP contribution < -0.4 is 10.9 Å². The highest BCUT2D eigenvalue weighted by atomic mass is 35.5. The number of hydrogen-bond donors (Lipinski definition) is 2. The molecule has 10 heteroatoms. The number of carbonyl (C=O) groups is 2. The van der Waals surface area contributed by atoms with E-state index in [0.29, 0.717) is 10.7 Å². The molecule has 0 aliphatic heterocycles. The van der Waals surface area contributed by atoms with Crippen molar-refractivity contribution in [2.45, 2.75) is 4.90 Å². The first-order chi connectivity index (χ1) is 13.3. The average molecular weight is 419 g/mol. The zero-order valence-electron chi connectivity index (χ0n) is 14.6. The van der Waals surface area contributed by atoms with Crippen molar-refractivity contribution in [2.75, 3.05) is 6.26 Å². The van der Waals surface area contributed by atoms with Gasteiger partial charge in [0.05, 0.1) is 27.4 Å². The number of halogens is 1. The molecule has 0 unspecified atom stereocenters.